The predicted molar refractivity (Wildman–Crippen MR) is 72.1 cm³/mol. The summed E-state index contributed by atoms with van der Waals surface area (Å²) >= 11 is 11.5. The van der Waals surface area contributed by atoms with Crippen LogP contribution in [-0.2, 0) is 9.84 Å². The normalized spacial score (nSPS) is 25.8. The van der Waals surface area contributed by atoms with Gasteiger partial charge in [0.25, 0.3) is 0 Å². The molecule has 2 atom stereocenters. The van der Waals surface area contributed by atoms with Crippen LogP contribution in [0.4, 0.5) is 0 Å². The lowest BCUT2D eigenvalue weighted by Crippen LogP contribution is -2.09. The van der Waals surface area contributed by atoms with Crippen LogP contribution in [0.25, 0.3) is 0 Å². The van der Waals surface area contributed by atoms with Crippen LogP contribution in [0.3, 0.4) is 0 Å². The molecule has 0 amide bonds. The molecule has 0 radical (unpaired) electrons. The van der Waals surface area contributed by atoms with E-state index < -0.39 is 9.84 Å². The lowest BCUT2D eigenvalue weighted by atomic mass is 10.0. The highest BCUT2D eigenvalue weighted by Crippen LogP contribution is 2.43. The second kappa shape index (κ2) is 4.59. The van der Waals surface area contributed by atoms with E-state index in [4.69, 9.17) is 11.6 Å². The molecule has 16 heavy (non-hydrogen) atoms. The van der Waals surface area contributed by atoms with Crippen LogP contribution < -0.4 is 0 Å². The number of thiophene rings is 1. The van der Waals surface area contributed by atoms with Gasteiger partial charge in [-0.25, -0.2) is 8.42 Å². The molecule has 0 aliphatic carbocycles. The van der Waals surface area contributed by atoms with Gasteiger partial charge in [-0.2, -0.15) is 0 Å². The van der Waals surface area contributed by atoms with E-state index in [1.165, 1.54) is 4.88 Å². The van der Waals surface area contributed by atoms with Crippen molar-refractivity contribution >= 4 is 48.7 Å². The Bertz CT molecular complexity index is 495. The molecule has 2 rings (SSSR count). The quantitative estimate of drug-likeness (QED) is 0.770. The third-order valence-corrected chi connectivity index (χ3v) is 7.32. The van der Waals surface area contributed by atoms with Crippen LogP contribution in [-0.4, -0.2) is 19.9 Å². The number of sulfone groups is 1. The van der Waals surface area contributed by atoms with Crippen molar-refractivity contribution in [2.45, 2.75) is 18.7 Å². The lowest BCUT2D eigenvalue weighted by Gasteiger charge is -2.14. The zero-order chi connectivity index (χ0) is 11.9. The molecule has 1 aromatic rings. The Hall–Kier alpha value is 0.420. The van der Waals surface area contributed by atoms with E-state index in [0.717, 1.165) is 9.35 Å². The molecule has 6 heteroatoms. The van der Waals surface area contributed by atoms with Crippen LogP contribution in [0.2, 0.25) is 0 Å². The van der Waals surface area contributed by atoms with Crippen molar-refractivity contribution in [1.29, 1.82) is 0 Å². The molecular formula is C10H12BrClO2S2. The summed E-state index contributed by atoms with van der Waals surface area (Å²) in [5.74, 6) is 0.564. The fourth-order valence-electron chi connectivity index (χ4n) is 1.96. The molecule has 2 unspecified atom stereocenters. The molecular weight excluding hydrogens is 332 g/mol. The molecule has 1 fully saturated rings. The molecule has 90 valence electrons. The summed E-state index contributed by atoms with van der Waals surface area (Å²) in [5, 5.41) is -0.189. The van der Waals surface area contributed by atoms with Crippen LogP contribution in [0, 0.1) is 12.8 Å². The first-order chi connectivity index (χ1) is 7.39. The van der Waals surface area contributed by atoms with Crippen molar-refractivity contribution in [3.05, 3.63) is 20.3 Å². The summed E-state index contributed by atoms with van der Waals surface area (Å²) in [5.41, 5.74) is 0. The first kappa shape index (κ1) is 12.9. The molecule has 0 spiro atoms. The number of hydrogen-bond acceptors (Lipinski definition) is 3. The molecule has 2 nitrogen and oxygen atoms in total. The van der Waals surface area contributed by atoms with Gasteiger partial charge in [0.1, 0.15) is 0 Å². The van der Waals surface area contributed by atoms with E-state index in [1.807, 2.05) is 13.0 Å². The Labute approximate surface area is 113 Å². The molecule has 0 bridgehead atoms. The monoisotopic (exact) mass is 342 g/mol. The highest BCUT2D eigenvalue weighted by molar-refractivity contribution is 9.10. The van der Waals surface area contributed by atoms with Gasteiger partial charge in [0, 0.05) is 14.2 Å². The Morgan fingerprint density at radius 2 is 2.31 bits per heavy atom. The molecule has 1 aliphatic heterocycles. The first-order valence-electron chi connectivity index (χ1n) is 4.99. The van der Waals surface area contributed by atoms with Crippen molar-refractivity contribution < 1.29 is 8.42 Å². The number of alkyl halides is 1. The van der Waals surface area contributed by atoms with Crippen LogP contribution in [0.1, 0.15) is 21.6 Å². The van der Waals surface area contributed by atoms with E-state index in [0.29, 0.717) is 6.42 Å². The van der Waals surface area contributed by atoms with Gasteiger partial charge in [-0.1, -0.05) is 0 Å². The number of aryl methyl sites for hydroxylation is 1. The first-order valence-corrected chi connectivity index (χ1v) is 8.86. The van der Waals surface area contributed by atoms with Crippen LogP contribution >= 0.6 is 38.9 Å². The standard InChI is InChI=1S/C10H12BrClO2S2/c1-6-4-8(11)10(15-6)9(12)7-2-3-16(13,14)5-7/h4,7,9H,2-3,5H2,1H3. The van der Waals surface area contributed by atoms with E-state index in [9.17, 15) is 8.42 Å². The molecule has 1 aromatic heterocycles. The maximum absolute atomic E-state index is 11.4. The maximum atomic E-state index is 11.4. The fourth-order valence-corrected chi connectivity index (χ4v) is 6.47. The third-order valence-electron chi connectivity index (χ3n) is 2.77. The van der Waals surface area contributed by atoms with E-state index in [2.05, 4.69) is 15.9 Å². The Morgan fingerprint density at radius 1 is 1.62 bits per heavy atom. The minimum absolute atomic E-state index is 0.0565. The average molecular weight is 344 g/mol. The van der Waals surface area contributed by atoms with Gasteiger partial charge in [-0.3, -0.25) is 0 Å². The summed E-state index contributed by atoms with van der Waals surface area (Å²) in [6.45, 7) is 2.02. The summed E-state index contributed by atoms with van der Waals surface area (Å²) in [6, 6.07) is 2.03. The zero-order valence-electron chi connectivity index (χ0n) is 8.74. The molecule has 0 saturated carbocycles. The smallest absolute Gasteiger partial charge is 0.150 e. The number of halogens is 2. The maximum Gasteiger partial charge on any atom is 0.150 e. The third kappa shape index (κ3) is 2.63. The molecule has 1 saturated heterocycles. The fraction of sp³-hybridized carbons (Fsp3) is 0.600. The Balaban J connectivity index is 2.20. The zero-order valence-corrected chi connectivity index (χ0v) is 12.7. The predicted octanol–water partition coefficient (Wildman–Crippen LogP) is 3.53. The summed E-state index contributed by atoms with van der Waals surface area (Å²) in [4.78, 5) is 2.25. The highest BCUT2D eigenvalue weighted by atomic mass is 79.9. The second-order valence-corrected chi connectivity index (χ2v) is 8.98. The summed E-state index contributed by atoms with van der Waals surface area (Å²) in [6.07, 6.45) is 0.680. The highest BCUT2D eigenvalue weighted by Gasteiger charge is 2.34. The van der Waals surface area contributed by atoms with Crippen molar-refractivity contribution in [3.63, 3.8) is 0 Å². The van der Waals surface area contributed by atoms with Crippen LogP contribution in [0.15, 0.2) is 10.5 Å². The van der Waals surface area contributed by atoms with Crippen molar-refractivity contribution in [3.8, 4) is 0 Å². The van der Waals surface area contributed by atoms with E-state index in [-0.39, 0.29) is 22.8 Å². The SMILES string of the molecule is Cc1cc(Br)c(C(Cl)C2CCS(=O)(=O)C2)s1. The number of hydrogen-bond donors (Lipinski definition) is 0. The molecule has 0 aromatic carbocycles. The second-order valence-electron chi connectivity index (χ2n) is 4.13. The van der Waals surface area contributed by atoms with Gasteiger partial charge in [0.2, 0.25) is 0 Å². The summed E-state index contributed by atoms with van der Waals surface area (Å²) < 4.78 is 23.8. The van der Waals surface area contributed by atoms with Gasteiger partial charge in [-0.05, 0) is 41.3 Å². The summed E-state index contributed by atoms with van der Waals surface area (Å²) in [7, 11) is -2.85. The van der Waals surface area contributed by atoms with Gasteiger partial charge in [-0.15, -0.1) is 22.9 Å². The Kier molecular flexibility index (Phi) is 3.69. The minimum atomic E-state index is -2.85. The topological polar surface area (TPSA) is 34.1 Å². The van der Waals surface area contributed by atoms with Gasteiger partial charge in [0.05, 0.1) is 16.9 Å². The van der Waals surface area contributed by atoms with Gasteiger partial charge >= 0.3 is 0 Å². The lowest BCUT2D eigenvalue weighted by molar-refractivity contribution is 0.572. The van der Waals surface area contributed by atoms with Crippen LogP contribution in [0.5, 0.6) is 0 Å². The van der Waals surface area contributed by atoms with Crippen molar-refractivity contribution in [2.75, 3.05) is 11.5 Å². The van der Waals surface area contributed by atoms with E-state index >= 15 is 0 Å². The molecule has 2 heterocycles. The average Bonchev–Trinajstić information content (AvgIpc) is 2.68. The largest absolute Gasteiger partial charge is 0.229 e. The van der Waals surface area contributed by atoms with Crippen molar-refractivity contribution in [2.24, 2.45) is 5.92 Å². The Morgan fingerprint density at radius 3 is 2.75 bits per heavy atom. The van der Waals surface area contributed by atoms with Gasteiger partial charge < -0.3 is 0 Å². The van der Waals surface area contributed by atoms with Crippen molar-refractivity contribution in [1.82, 2.24) is 0 Å². The molecule has 1 aliphatic rings. The molecule has 0 N–H and O–H groups in total. The number of rotatable bonds is 2. The van der Waals surface area contributed by atoms with Gasteiger partial charge in [0.15, 0.2) is 9.84 Å². The minimum Gasteiger partial charge on any atom is -0.229 e. The van der Waals surface area contributed by atoms with E-state index in [1.54, 1.807) is 11.3 Å².